The number of benzene rings is 2. The highest BCUT2D eigenvalue weighted by atomic mass is 16.5. The highest BCUT2D eigenvalue weighted by Crippen LogP contribution is 2.25. The first-order valence-electron chi connectivity index (χ1n) is 6.30. The van der Waals surface area contributed by atoms with Crippen LogP contribution in [0.3, 0.4) is 0 Å². The summed E-state index contributed by atoms with van der Waals surface area (Å²) in [6, 6.07) is 15.2. The molecular weight excluding hydrogens is 252 g/mol. The summed E-state index contributed by atoms with van der Waals surface area (Å²) in [5.74, 6) is 3.66. The van der Waals surface area contributed by atoms with Crippen LogP contribution in [0.2, 0.25) is 0 Å². The molecule has 0 bridgehead atoms. The summed E-state index contributed by atoms with van der Waals surface area (Å²) in [5.41, 5.74) is 1.75. The van der Waals surface area contributed by atoms with Crippen molar-refractivity contribution >= 4 is 0 Å². The summed E-state index contributed by atoms with van der Waals surface area (Å²) < 4.78 is 11.0. The number of terminal acetylenes is 1. The smallest absolute Gasteiger partial charge is 0.148 e. The highest BCUT2D eigenvalue weighted by Gasteiger charge is 2.05. The van der Waals surface area contributed by atoms with Crippen LogP contribution in [0.5, 0.6) is 11.5 Å². The minimum atomic E-state index is -0.123. The molecule has 0 radical (unpaired) electrons. The van der Waals surface area contributed by atoms with E-state index < -0.39 is 0 Å². The van der Waals surface area contributed by atoms with Crippen LogP contribution in [0.4, 0.5) is 0 Å². The van der Waals surface area contributed by atoms with Crippen molar-refractivity contribution in [3.05, 3.63) is 59.7 Å². The minimum absolute atomic E-state index is 0.123. The SMILES string of the molecule is C#CCOc1ccc(OCc2ccccc2)cc1CO. The van der Waals surface area contributed by atoms with Crippen molar-refractivity contribution < 1.29 is 14.6 Å². The number of aliphatic hydroxyl groups excluding tert-OH is 1. The van der Waals surface area contributed by atoms with Gasteiger partial charge in [-0.3, -0.25) is 0 Å². The largest absolute Gasteiger partial charge is 0.489 e. The summed E-state index contributed by atoms with van der Waals surface area (Å²) >= 11 is 0. The van der Waals surface area contributed by atoms with Gasteiger partial charge in [0.15, 0.2) is 0 Å². The Morgan fingerprint density at radius 2 is 1.85 bits per heavy atom. The van der Waals surface area contributed by atoms with Gasteiger partial charge in [0.05, 0.1) is 6.61 Å². The lowest BCUT2D eigenvalue weighted by Crippen LogP contribution is -2.00. The molecule has 2 aromatic carbocycles. The van der Waals surface area contributed by atoms with E-state index in [9.17, 15) is 5.11 Å². The Morgan fingerprint density at radius 3 is 2.55 bits per heavy atom. The molecule has 3 nitrogen and oxygen atoms in total. The van der Waals surface area contributed by atoms with Crippen molar-refractivity contribution in [3.8, 4) is 23.8 Å². The Bertz CT molecular complexity index is 585. The fraction of sp³-hybridized carbons (Fsp3) is 0.176. The number of hydrogen-bond acceptors (Lipinski definition) is 3. The van der Waals surface area contributed by atoms with Gasteiger partial charge in [0.1, 0.15) is 24.7 Å². The van der Waals surface area contributed by atoms with Crippen LogP contribution < -0.4 is 9.47 Å². The molecule has 20 heavy (non-hydrogen) atoms. The van der Waals surface area contributed by atoms with E-state index in [0.717, 1.165) is 5.56 Å². The van der Waals surface area contributed by atoms with E-state index in [4.69, 9.17) is 15.9 Å². The van der Waals surface area contributed by atoms with E-state index in [2.05, 4.69) is 5.92 Å². The zero-order valence-corrected chi connectivity index (χ0v) is 11.1. The first-order chi connectivity index (χ1) is 9.83. The fourth-order valence-corrected chi connectivity index (χ4v) is 1.77. The Morgan fingerprint density at radius 1 is 1.05 bits per heavy atom. The molecule has 0 unspecified atom stereocenters. The number of hydrogen-bond donors (Lipinski definition) is 1. The third kappa shape index (κ3) is 3.78. The van der Waals surface area contributed by atoms with Gasteiger partial charge in [-0.25, -0.2) is 0 Å². The summed E-state index contributed by atoms with van der Waals surface area (Å²) in [7, 11) is 0. The maximum atomic E-state index is 9.34. The Hall–Kier alpha value is -2.44. The molecule has 0 amide bonds. The molecule has 3 heteroatoms. The molecule has 0 aliphatic heterocycles. The molecule has 0 aromatic heterocycles. The average molecular weight is 268 g/mol. The van der Waals surface area contributed by atoms with Gasteiger partial charge in [0, 0.05) is 5.56 Å². The van der Waals surface area contributed by atoms with Crippen LogP contribution in [0, 0.1) is 12.3 Å². The molecule has 0 saturated carbocycles. The molecule has 1 N–H and O–H groups in total. The molecule has 0 spiro atoms. The molecule has 0 saturated heterocycles. The molecule has 2 rings (SSSR count). The summed E-state index contributed by atoms with van der Waals surface area (Å²) in [6.45, 7) is 0.538. The van der Waals surface area contributed by atoms with E-state index in [1.54, 1.807) is 18.2 Å². The van der Waals surface area contributed by atoms with Gasteiger partial charge < -0.3 is 14.6 Å². The van der Waals surface area contributed by atoms with E-state index in [1.807, 2.05) is 30.3 Å². The van der Waals surface area contributed by atoms with Crippen molar-refractivity contribution in [1.82, 2.24) is 0 Å². The van der Waals surface area contributed by atoms with E-state index in [0.29, 0.717) is 23.7 Å². The van der Waals surface area contributed by atoms with Gasteiger partial charge in [-0.15, -0.1) is 6.42 Å². The average Bonchev–Trinajstić information content (AvgIpc) is 2.52. The quantitative estimate of drug-likeness (QED) is 0.819. The van der Waals surface area contributed by atoms with Crippen molar-refractivity contribution in [2.45, 2.75) is 13.2 Å². The van der Waals surface area contributed by atoms with Gasteiger partial charge in [0.2, 0.25) is 0 Å². The highest BCUT2D eigenvalue weighted by molar-refractivity contribution is 5.40. The van der Waals surface area contributed by atoms with Gasteiger partial charge in [-0.05, 0) is 23.8 Å². The van der Waals surface area contributed by atoms with Crippen LogP contribution in [-0.2, 0) is 13.2 Å². The first kappa shape index (κ1) is 14.0. The Balaban J connectivity index is 2.04. The van der Waals surface area contributed by atoms with Crippen molar-refractivity contribution in [3.63, 3.8) is 0 Å². The number of rotatable bonds is 6. The standard InChI is InChI=1S/C17H16O3/c1-2-10-19-17-9-8-16(11-15(17)12-18)20-13-14-6-4-3-5-7-14/h1,3-9,11,18H,10,12-13H2. The molecule has 0 aliphatic carbocycles. The maximum Gasteiger partial charge on any atom is 0.148 e. The van der Waals surface area contributed by atoms with Crippen molar-refractivity contribution in [1.29, 1.82) is 0 Å². The lowest BCUT2D eigenvalue weighted by molar-refractivity contribution is 0.266. The monoisotopic (exact) mass is 268 g/mol. The van der Waals surface area contributed by atoms with Gasteiger partial charge in [-0.2, -0.15) is 0 Å². The van der Waals surface area contributed by atoms with Crippen LogP contribution in [-0.4, -0.2) is 11.7 Å². The van der Waals surface area contributed by atoms with Gasteiger partial charge >= 0.3 is 0 Å². The van der Waals surface area contributed by atoms with Crippen LogP contribution >= 0.6 is 0 Å². The molecule has 0 heterocycles. The molecule has 0 atom stereocenters. The van der Waals surface area contributed by atoms with Crippen molar-refractivity contribution in [2.75, 3.05) is 6.61 Å². The molecule has 0 aliphatic rings. The summed E-state index contributed by atoms with van der Waals surface area (Å²) in [5, 5.41) is 9.34. The lowest BCUT2D eigenvalue weighted by Gasteiger charge is -2.11. The second kappa shape index (κ2) is 7.22. The topological polar surface area (TPSA) is 38.7 Å². The van der Waals surface area contributed by atoms with Gasteiger partial charge in [-0.1, -0.05) is 36.3 Å². The molecule has 0 fully saturated rings. The number of aliphatic hydroxyl groups is 1. The summed E-state index contributed by atoms with van der Waals surface area (Å²) in [6.07, 6.45) is 5.15. The summed E-state index contributed by atoms with van der Waals surface area (Å²) in [4.78, 5) is 0. The van der Waals surface area contributed by atoms with E-state index >= 15 is 0 Å². The third-order valence-electron chi connectivity index (χ3n) is 2.76. The second-order valence-corrected chi connectivity index (χ2v) is 4.19. The zero-order chi connectivity index (χ0) is 14.2. The predicted molar refractivity (Wildman–Crippen MR) is 77.5 cm³/mol. The van der Waals surface area contributed by atoms with Crippen LogP contribution in [0.1, 0.15) is 11.1 Å². The third-order valence-corrected chi connectivity index (χ3v) is 2.76. The van der Waals surface area contributed by atoms with Crippen LogP contribution in [0.15, 0.2) is 48.5 Å². The lowest BCUT2D eigenvalue weighted by atomic mass is 10.2. The minimum Gasteiger partial charge on any atom is -0.489 e. The van der Waals surface area contributed by atoms with Gasteiger partial charge in [0.25, 0.3) is 0 Å². The molecule has 102 valence electrons. The normalized spacial score (nSPS) is 9.80. The zero-order valence-electron chi connectivity index (χ0n) is 11.1. The van der Waals surface area contributed by atoms with Crippen molar-refractivity contribution in [2.24, 2.45) is 0 Å². The Labute approximate surface area is 118 Å². The molecular formula is C17H16O3. The Kier molecular flexibility index (Phi) is 5.05. The first-order valence-corrected chi connectivity index (χ1v) is 6.30. The van der Waals surface area contributed by atoms with E-state index in [1.165, 1.54) is 0 Å². The van der Waals surface area contributed by atoms with E-state index in [-0.39, 0.29) is 13.2 Å². The fourth-order valence-electron chi connectivity index (χ4n) is 1.77. The maximum absolute atomic E-state index is 9.34. The predicted octanol–water partition coefficient (Wildman–Crippen LogP) is 2.77. The van der Waals surface area contributed by atoms with Crippen LogP contribution in [0.25, 0.3) is 0 Å². The molecule has 2 aromatic rings. The second-order valence-electron chi connectivity index (χ2n) is 4.19. The number of ether oxygens (including phenoxy) is 2.